The Morgan fingerprint density at radius 3 is 2.65 bits per heavy atom. The molecule has 0 spiro atoms. The molecule has 1 aromatic carbocycles. The Kier molecular flexibility index (Phi) is 8.58. The molecule has 2 aromatic rings. The van der Waals surface area contributed by atoms with Crippen LogP contribution in [0.3, 0.4) is 0 Å². The first kappa shape index (κ1) is 20.4. The fourth-order valence-electron chi connectivity index (χ4n) is 2.78. The first-order valence-corrected chi connectivity index (χ1v) is 9.65. The number of hydrogen-bond acceptors (Lipinski definition) is 2. The molecule has 2 N–H and O–H groups in total. The molecular weight excluding hydrogens is 349 g/mol. The number of anilines is 1. The third-order valence-electron chi connectivity index (χ3n) is 4.32. The van der Waals surface area contributed by atoms with Gasteiger partial charge >= 0.3 is 0 Å². The second-order valence-corrected chi connectivity index (χ2v) is 6.96. The lowest BCUT2D eigenvalue weighted by Crippen LogP contribution is -3.09. The average molecular weight is 379 g/mol. The van der Waals surface area contributed by atoms with E-state index >= 15 is 0 Å². The van der Waals surface area contributed by atoms with Gasteiger partial charge in [0.25, 0.3) is 0 Å². The maximum absolute atomic E-state index is 13.9. The van der Waals surface area contributed by atoms with Gasteiger partial charge < -0.3 is 19.5 Å². The monoisotopic (exact) mass is 378 g/mol. The SMILES string of the molecule is CCCC[NH+](C)CCCN(Cc1ccco1)C(=S)Nc1ccccc1F. The van der Waals surface area contributed by atoms with Crippen molar-refractivity contribution in [3.63, 3.8) is 0 Å². The number of hydrogen-bond donors (Lipinski definition) is 2. The van der Waals surface area contributed by atoms with Gasteiger partial charge in [-0.25, -0.2) is 4.39 Å². The van der Waals surface area contributed by atoms with Crippen LogP contribution in [0.2, 0.25) is 0 Å². The van der Waals surface area contributed by atoms with Crippen molar-refractivity contribution in [1.82, 2.24) is 4.90 Å². The zero-order chi connectivity index (χ0) is 18.8. The summed E-state index contributed by atoms with van der Waals surface area (Å²) < 4.78 is 19.4. The summed E-state index contributed by atoms with van der Waals surface area (Å²) in [7, 11) is 2.22. The predicted molar refractivity (Wildman–Crippen MR) is 108 cm³/mol. The van der Waals surface area contributed by atoms with Gasteiger partial charge in [-0.15, -0.1) is 0 Å². The molecule has 0 aliphatic rings. The van der Waals surface area contributed by atoms with E-state index in [1.165, 1.54) is 30.4 Å². The van der Waals surface area contributed by atoms with Crippen LogP contribution < -0.4 is 10.2 Å². The van der Waals surface area contributed by atoms with Crippen LogP contribution in [-0.2, 0) is 6.54 Å². The largest absolute Gasteiger partial charge is 0.467 e. The number of nitrogens with zero attached hydrogens (tertiary/aromatic N) is 1. The Labute approximate surface area is 161 Å². The summed E-state index contributed by atoms with van der Waals surface area (Å²) in [5.41, 5.74) is 0.396. The number of quaternary nitrogens is 1. The van der Waals surface area contributed by atoms with E-state index in [9.17, 15) is 4.39 Å². The lowest BCUT2D eigenvalue weighted by atomic mass is 10.3. The molecule has 1 unspecified atom stereocenters. The molecule has 4 nitrogen and oxygen atoms in total. The molecule has 0 saturated carbocycles. The van der Waals surface area contributed by atoms with Crippen molar-refractivity contribution < 1.29 is 13.7 Å². The summed E-state index contributed by atoms with van der Waals surface area (Å²) in [6.07, 6.45) is 5.13. The zero-order valence-corrected chi connectivity index (χ0v) is 16.4. The maximum atomic E-state index is 13.9. The summed E-state index contributed by atoms with van der Waals surface area (Å²) in [6.45, 7) is 5.85. The minimum atomic E-state index is -0.309. The van der Waals surface area contributed by atoms with E-state index in [0.29, 0.717) is 17.3 Å². The molecule has 1 aromatic heterocycles. The Morgan fingerprint density at radius 2 is 1.96 bits per heavy atom. The van der Waals surface area contributed by atoms with Gasteiger partial charge in [0, 0.05) is 13.0 Å². The molecule has 1 heterocycles. The minimum Gasteiger partial charge on any atom is -0.467 e. The fourth-order valence-corrected chi connectivity index (χ4v) is 3.04. The Morgan fingerprint density at radius 1 is 1.19 bits per heavy atom. The van der Waals surface area contributed by atoms with Gasteiger partial charge in [-0.1, -0.05) is 25.5 Å². The standard InChI is InChI=1S/C20H28FN3OS/c1-3-4-12-23(2)13-8-14-24(16-17-9-7-15-25-17)20(26)22-19-11-6-5-10-18(19)21/h5-7,9-11,15H,3-4,8,12-14,16H2,1-2H3,(H,22,26)/p+1. The van der Waals surface area contributed by atoms with E-state index < -0.39 is 0 Å². The molecule has 0 aliphatic carbocycles. The average Bonchev–Trinajstić information content (AvgIpc) is 3.14. The van der Waals surface area contributed by atoms with Crippen molar-refractivity contribution in [3.05, 3.63) is 54.2 Å². The van der Waals surface area contributed by atoms with E-state index in [1.54, 1.807) is 24.5 Å². The molecule has 0 saturated heterocycles. The molecule has 0 aliphatic heterocycles. The third-order valence-corrected chi connectivity index (χ3v) is 4.68. The number of thiocarbonyl (C=S) groups is 1. The van der Waals surface area contributed by atoms with Gasteiger partial charge in [0.1, 0.15) is 11.6 Å². The Hall–Kier alpha value is -1.92. The van der Waals surface area contributed by atoms with E-state index in [2.05, 4.69) is 19.3 Å². The minimum absolute atomic E-state index is 0.309. The highest BCUT2D eigenvalue weighted by Gasteiger charge is 2.14. The summed E-state index contributed by atoms with van der Waals surface area (Å²) >= 11 is 5.54. The summed E-state index contributed by atoms with van der Waals surface area (Å²) in [5, 5.41) is 3.54. The van der Waals surface area contributed by atoms with Crippen LogP contribution in [0.25, 0.3) is 0 Å². The molecular formula is C20H29FN3OS+. The second kappa shape index (κ2) is 10.9. The Bertz CT molecular complexity index is 663. The lowest BCUT2D eigenvalue weighted by molar-refractivity contribution is -0.880. The molecule has 0 bridgehead atoms. The van der Waals surface area contributed by atoms with Crippen LogP contribution in [0, 0.1) is 5.82 Å². The quantitative estimate of drug-likeness (QED) is 0.622. The summed E-state index contributed by atoms with van der Waals surface area (Å²) in [4.78, 5) is 3.56. The highest BCUT2D eigenvalue weighted by Crippen LogP contribution is 2.15. The van der Waals surface area contributed by atoms with Crippen LogP contribution in [0.5, 0.6) is 0 Å². The molecule has 1 atom stereocenters. The van der Waals surface area contributed by atoms with Crippen molar-refractivity contribution in [2.45, 2.75) is 32.7 Å². The highest BCUT2D eigenvalue weighted by molar-refractivity contribution is 7.80. The summed E-state index contributed by atoms with van der Waals surface area (Å²) in [5.74, 6) is 0.533. The van der Waals surface area contributed by atoms with E-state index in [-0.39, 0.29) is 5.82 Å². The van der Waals surface area contributed by atoms with Crippen molar-refractivity contribution in [3.8, 4) is 0 Å². The Balaban J connectivity index is 1.94. The molecule has 0 radical (unpaired) electrons. The number of unbranched alkanes of at least 4 members (excludes halogenated alkanes) is 1. The van der Waals surface area contributed by atoms with Crippen LogP contribution in [0.4, 0.5) is 10.1 Å². The van der Waals surface area contributed by atoms with Gasteiger partial charge in [0.2, 0.25) is 0 Å². The normalized spacial score (nSPS) is 12.0. The van der Waals surface area contributed by atoms with Gasteiger partial charge in [-0.2, -0.15) is 0 Å². The highest BCUT2D eigenvalue weighted by atomic mass is 32.1. The molecule has 142 valence electrons. The lowest BCUT2D eigenvalue weighted by Gasteiger charge is -2.25. The molecule has 2 rings (SSSR count). The zero-order valence-electron chi connectivity index (χ0n) is 15.6. The van der Waals surface area contributed by atoms with Gasteiger partial charge in [-0.3, -0.25) is 0 Å². The number of nitrogens with one attached hydrogen (secondary N) is 2. The van der Waals surface area contributed by atoms with Crippen LogP contribution in [0.1, 0.15) is 31.9 Å². The smallest absolute Gasteiger partial charge is 0.173 e. The number of halogens is 1. The number of para-hydroxylation sites is 1. The van der Waals surface area contributed by atoms with E-state index in [4.69, 9.17) is 16.6 Å². The molecule has 0 amide bonds. The first-order valence-electron chi connectivity index (χ1n) is 9.24. The number of benzene rings is 1. The fraction of sp³-hybridized carbons (Fsp3) is 0.450. The maximum Gasteiger partial charge on any atom is 0.173 e. The first-order chi connectivity index (χ1) is 12.6. The van der Waals surface area contributed by atoms with E-state index in [1.807, 2.05) is 17.0 Å². The van der Waals surface area contributed by atoms with Crippen molar-refractivity contribution in [2.24, 2.45) is 0 Å². The third kappa shape index (κ3) is 6.77. The molecule has 26 heavy (non-hydrogen) atoms. The van der Waals surface area contributed by atoms with Crippen molar-refractivity contribution in [1.29, 1.82) is 0 Å². The molecule has 6 heteroatoms. The van der Waals surface area contributed by atoms with Crippen LogP contribution >= 0.6 is 12.2 Å². The summed E-state index contributed by atoms with van der Waals surface area (Å²) in [6, 6.07) is 10.4. The number of rotatable bonds is 10. The van der Waals surface area contributed by atoms with Gasteiger partial charge in [0.15, 0.2) is 5.11 Å². The van der Waals surface area contributed by atoms with Crippen molar-refractivity contribution in [2.75, 3.05) is 32.0 Å². The van der Waals surface area contributed by atoms with E-state index in [0.717, 1.165) is 25.3 Å². The van der Waals surface area contributed by atoms with Crippen LogP contribution in [-0.4, -0.2) is 36.7 Å². The van der Waals surface area contributed by atoms with Crippen LogP contribution in [0.15, 0.2) is 47.1 Å². The predicted octanol–water partition coefficient (Wildman–Crippen LogP) is 3.32. The van der Waals surface area contributed by atoms with Gasteiger partial charge in [0.05, 0.1) is 38.6 Å². The second-order valence-electron chi connectivity index (χ2n) is 6.58. The van der Waals surface area contributed by atoms with Crippen molar-refractivity contribution >= 4 is 23.0 Å². The van der Waals surface area contributed by atoms with Gasteiger partial charge in [-0.05, 0) is 42.9 Å². The number of furan rings is 1. The molecule has 0 fully saturated rings. The topological polar surface area (TPSA) is 32.9 Å².